The van der Waals surface area contributed by atoms with E-state index in [1.807, 2.05) is 31.7 Å². The Morgan fingerprint density at radius 1 is 1.13 bits per heavy atom. The molecular formula is C19H25N5O5S. The van der Waals surface area contributed by atoms with Gasteiger partial charge in [-0.15, -0.1) is 0 Å². The number of methoxy groups -OCH3 is 1. The zero-order chi connectivity index (χ0) is 22.1. The van der Waals surface area contributed by atoms with Crippen LogP contribution in [0.4, 0.5) is 11.5 Å². The van der Waals surface area contributed by atoms with Crippen molar-refractivity contribution in [2.24, 2.45) is 0 Å². The minimum Gasteiger partial charge on any atom is -0.490 e. The first-order valence-corrected chi connectivity index (χ1v) is 11.0. The molecule has 0 amide bonds. The van der Waals surface area contributed by atoms with Crippen LogP contribution in [-0.4, -0.2) is 60.9 Å². The Bertz CT molecular complexity index is 1050. The van der Waals surface area contributed by atoms with E-state index in [2.05, 4.69) is 9.97 Å². The molecule has 1 fully saturated rings. The number of ether oxygens (including phenoxy) is 1. The second-order valence-electron chi connectivity index (χ2n) is 7.36. The van der Waals surface area contributed by atoms with Gasteiger partial charge < -0.3 is 9.64 Å². The van der Waals surface area contributed by atoms with Crippen molar-refractivity contribution in [2.45, 2.75) is 31.6 Å². The summed E-state index contributed by atoms with van der Waals surface area (Å²) in [5.41, 5.74) is 0.485. The van der Waals surface area contributed by atoms with Gasteiger partial charge in [-0.1, -0.05) is 13.8 Å². The first-order valence-electron chi connectivity index (χ1n) is 9.56. The van der Waals surface area contributed by atoms with Crippen LogP contribution >= 0.6 is 0 Å². The van der Waals surface area contributed by atoms with Gasteiger partial charge in [0.15, 0.2) is 5.75 Å². The highest BCUT2D eigenvalue weighted by molar-refractivity contribution is 7.89. The van der Waals surface area contributed by atoms with Gasteiger partial charge in [-0.2, -0.15) is 4.31 Å². The molecule has 30 heavy (non-hydrogen) atoms. The molecule has 1 aliphatic rings. The van der Waals surface area contributed by atoms with E-state index in [0.717, 1.165) is 23.4 Å². The maximum atomic E-state index is 13.0. The molecule has 1 aromatic heterocycles. The lowest BCUT2D eigenvalue weighted by Crippen LogP contribution is -2.49. The average molecular weight is 436 g/mol. The van der Waals surface area contributed by atoms with Gasteiger partial charge in [0.2, 0.25) is 10.0 Å². The van der Waals surface area contributed by atoms with E-state index >= 15 is 0 Å². The number of hydrogen-bond donors (Lipinski definition) is 0. The summed E-state index contributed by atoms with van der Waals surface area (Å²) in [7, 11) is -2.56. The van der Waals surface area contributed by atoms with Crippen molar-refractivity contribution in [3.8, 4) is 5.75 Å². The number of nitro groups is 1. The van der Waals surface area contributed by atoms with Crippen LogP contribution in [0.1, 0.15) is 31.3 Å². The summed E-state index contributed by atoms with van der Waals surface area (Å²) < 4.78 is 32.3. The number of sulfonamides is 1. The molecule has 0 radical (unpaired) electrons. The van der Waals surface area contributed by atoms with E-state index in [1.54, 1.807) is 0 Å². The molecule has 0 saturated carbocycles. The molecule has 1 aliphatic heterocycles. The van der Waals surface area contributed by atoms with Crippen LogP contribution in [0, 0.1) is 17.0 Å². The fraction of sp³-hybridized carbons (Fsp3) is 0.474. The van der Waals surface area contributed by atoms with Gasteiger partial charge >= 0.3 is 5.69 Å². The fourth-order valence-electron chi connectivity index (χ4n) is 3.27. The second kappa shape index (κ2) is 8.52. The topological polar surface area (TPSA) is 119 Å². The smallest absolute Gasteiger partial charge is 0.312 e. The monoisotopic (exact) mass is 435 g/mol. The predicted molar refractivity (Wildman–Crippen MR) is 111 cm³/mol. The van der Waals surface area contributed by atoms with Gasteiger partial charge in [0, 0.05) is 49.9 Å². The third-order valence-electron chi connectivity index (χ3n) is 4.92. The van der Waals surface area contributed by atoms with Crippen LogP contribution in [0.25, 0.3) is 0 Å². The van der Waals surface area contributed by atoms with E-state index in [-0.39, 0.29) is 35.3 Å². The molecule has 10 nitrogen and oxygen atoms in total. The summed E-state index contributed by atoms with van der Waals surface area (Å²) in [6.45, 7) is 7.39. The van der Waals surface area contributed by atoms with Crippen molar-refractivity contribution >= 4 is 21.5 Å². The van der Waals surface area contributed by atoms with Crippen LogP contribution in [0.15, 0.2) is 29.2 Å². The molecule has 1 aromatic carbocycles. The molecule has 11 heteroatoms. The van der Waals surface area contributed by atoms with E-state index in [4.69, 9.17) is 4.74 Å². The zero-order valence-corrected chi connectivity index (χ0v) is 18.2. The van der Waals surface area contributed by atoms with Crippen molar-refractivity contribution in [1.82, 2.24) is 14.3 Å². The molecule has 0 spiro atoms. The van der Waals surface area contributed by atoms with Crippen LogP contribution in [0.3, 0.4) is 0 Å². The normalized spacial score (nSPS) is 15.4. The average Bonchev–Trinajstić information content (AvgIpc) is 2.72. The first kappa shape index (κ1) is 21.9. The van der Waals surface area contributed by atoms with E-state index in [1.165, 1.54) is 23.5 Å². The number of aryl methyl sites for hydroxylation is 1. The van der Waals surface area contributed by atoms with Gasteiger partial charge in [0.1, 0.15) is 11.6 Å². The lowest BCUT2D eigenvalue weighted by Gasteiger charge is -2.35. The summed E-state index contributed by atoms with van der Waals surface area (Å²) in [4.78, 5) is 21.6. The highest BCUT2D eigenvalue weighted by Gasteiger charge is 2.31. The summed E-state index contributed by atoms with van der Waals surface area (Å²) in [6.07, 6.45) is 0. The number of anilines is 1. The summed E-state index contributed by atoms with van der Waals surface area (Å²) in [5, 5.41) is 11.2. The Hall–Kier alpha value is -2.79. The van der Waals surface area contributed by atoms with Crippen molar-refractivity contribution in [3.63, 3.8) is 0 Å². The molecule has 0 N–H and O–H groups in total. The number of aromatic nitrogens is 2. The quantitative estimate of drug-likeness (QED) is 0.501. The Labute approximate surface area is 175 Å². The van der Waals surface area contributed by atoms with Crippen LogP contribution in [-0.2, 0) is 10.0 Å². The van der Waals surface area contributed by atoms with Crippen molar-refractivity contribution in [1.29, 1.82) is 0 Å². The highest BCUT2D eigenvalue weighted by atomic mass is 32.2. The maximum Gasteiger partial charge on any atom is 0.312 e. The van der Waals surface area contributed by atoms with Crippen LogP contribution in [0.5, 0.6) is 5.75 Å². The van der Waals surface area contributed by atoms with Crippen molar-refractivity contribution < 1.29 is 18.1 Å². The third-order valence-corrected chi connectivity index (χ3v) is 6.82. The summed E-state index contributed by atoms with van der Waals surface area (Å²) in [5.74, 6) is 1.74. The number of benzene rings is 1. The molecule has 3 rings (SSSR count). The van der Waals surface area contributed by atoms with Crippen molar-refractivity contribution in [2.75, 3.05) is 38.2 Å². The summed E-state index contributed by atoms with van der Waals surface area (Å²) >= 11 is 0. The zero-order valence-electron chi connectivity index (χ0n) is 17.4. The summed E-state index contributed by atoms with van der Waals surface area (Å²) in [6, 6.07) is 5.57. The van der Waals surface area contributed by atoms with Crippen molar-refractivity contribution in [3.05, 3.63) is 45.9 Å². The number of nitro benzene ring substituents is 1. The molecule has 0 bridgehead atoms. The molecule has 0 aliphatic carbocycles. The standard InChI is InChI=1S/C19H25N5O5S/c1-13(2)19-20-14(3)11-18(21-19)22-7-9-23(10-8-22)30(27,28)15-5-6-17(29-4)16(12-15)24(25)26/h5-6,11-13H,7-10H2,1-4H3. The predicted octanol–water partition coefficient (Wildman–Crippen LogP) is 2.34. The molecule has 0 unspecified atom stereocenters. The molecule has 2 aromatic rings. The molecule has 2 heterocycles. The van der Waals surface area contributed by atoms with E-state index < -0.39 is 14.9 Å². The Morgan fingerprint density at radius 3 is 2.37 bits per heavy atom. The largest absolute Gasteiger partial charge is 0.490 e. The Balaban J connectivity index is 1.79. The molecule has 0 atom stereocenters. The molecular weight excluding hydrogens is 410 g/mol. The minimum absolute atomic E-state index is 0.0175. The van der Waals surface area contributed by atoms with Gasteiger partial charge in [0.05, 0.1) is 16.9 Å². The van der Waals surface area contributed by atoms with Crippen LogP contribution < -0.4 is 9.64 Å². The van der Waals surface area contributed by atoms with Crippen LogP contribution in [0.2, 0.25) is 0 Å². The third kappa shape index (κ3) is 4.36. The van der Waals surface area contributed by atoms with Gasteiger partial charge in [-0.3, -0.25) is 10.1 Å². The number of piperazine rings is 1. The van der Waals surface area contributed by atoms with E-state index in [0.29, 0.717) is 13.1 Å². The molecule has 1 saturated heterocycles. The number of rotatable bonds is 6. The Kier molecular flexibility index (Phi) is 6.22. The lowest BCUT2D eigenvalue weighted by molar-refractivity contribution is -0.386. The Morgan fingerprint density at radius 2 is 1.80 bits per heavy atom. The molecule has 162 valence electrons. The lowest BCUT2D eigenvalue weighted by atomic mass is 10.2. The van der Waals surface area contributed by atoms with Gasteiger partial charge in [-0.05, 0) is 19.1 Å². The van der Waals surface area contributed by atoms with E-state index in [9.17, 15) is 18.5 Å². The fourth-order valence-corrected chi connectivity index (χ4v) is 4.72. The number of hydrogen-bond acceptors (Lipinski definition) is 8. The SMILES string of the molecule is COc1ccc(S(=O)(=O)N2CCN(c3cc(C)nc(C(C)C)n3)CC2)cc1[N+](=O)[O-]. The van der Waals surface area contributed by atoms with Gasteiger partial charge in [-0.25, -0.2) is 18.4 Å². The first-order chi connectivity index (χ1) is 14.1. The number of nitrogens with zero attached hydrogens (tertiary/aromatic N) is 5. The highest BCUT2D eigenvalue weighted by Crippen LogP contribution is 2.31. The maximum absolute atomic E-state index is 13.0. The van der Waals surface area contributed by atoms with Gasteiger partial charge in [0.25, 0.3) is 0 Å². The second-order valence-corrected chi connectivity index (χ2v) is 9.30. The minimum atomic E-state index is -3.86.